The molecule has 0 fully saturated rings. The summed E-state index contributed by atoms with van der Waals surface area (Å²) in [6.45, 7) is 6.34. The van der Waals surface area contributed by atoms with E-state index in [0.717, 1.165) is 18.2 Å². The number of aliphatic imine (C=N–C) groups is 1. The summed E-state index contributed by atoms with van der Waals surface area (Å²) in [6.07, 6.45) is -3.37. The smallest absolute Gasteiger partial charge is 0.419 e. The molecule has 0 radical (unpaired) electrons. The molecule has 2 N–H and O–H groups in total. The third kappa shape index (κ3) is 6.52. The van der Waals surface area contributed by atoms with Crippen LogP contribution in [0.15, 0.2) is 35.3 Å². The lowest BCUT2D eigenvalue weighted by Gasteiger charge is -2.15. The molecular weight excluding hydrogens is 414 g/mol. The molecule has 5 nitrogen and oxygen atoms in total. The lowest BCUT2D eigenvalue weighted by molar-refractivity contribution is -0.140. The van der Waals surface area contributed by atoms with E-state index < -0.39 is 29.6 Å². The molecule has 168 valence electrons. The van der Waals surface area contributed by atoms with E-state index >= 15 is 0 Å². The molecule has 0 aromatic heterocycles. The number of carbonyl (C=O) groups excluding carboxylic acids is 1. The minimum atomic E-state index is -4.84. The summed E-state index contributed by atoms with van der Waals surface area (Å²) in [4.78, 5) is 18.7. The van der Waals surface area contributed by atoms with Gasteiger partial charge in [-0.3, -0.25) is 0 Å². The zero-order valence-electron chi connectivity index (χ0n) is 17.8. The maximum absolute atomic E-state index is 13.4. The zero-order chi connectivity index (χ0) is 23.3. The molecule has 0 aliphatic rings. The molecule has 0 spiro atoms. The molecule has 0 amide bonds. The number of nitrogens with two attached hydrogens (primary N) is 1. The largest absolute Gasteiger partial charge is 0.425 e. The first-order chi connectivity index (χ1) is 14.4. The van der Waals surface area contributed by atoms with Crippen molar-refractivity contribution in [2.45, 2.75) is 39.4 Å². The second kappa shape index (κ2) is 9.91. The molecule has 31 heavy (non-hydrogen) atoms. The van der Waals surface area contributed by atoms with E-state index in [9.17, 15) is 22.4 Å². The monoisotopic (exact) mass is 439 g/mol. The lowest BCUT2D eigenvalue weighted by Crippen LogP contribution is -2.36. The van der Waals surface area contributed by atoms with Crippen molar-refractivity contribution >= 4 is 18.0 Å². The quantitative estimate of drug-likeness (QED) is 0.226. The van der Waals surface area contributed by atoms with Gasteiger partial charge in [0.1, 0.15) is 17.6 Å². The molecule has 1 atom stereocenters. The predicted molar refractivity (Wildman–Crippen MR) is 111 cm³/mol. The van der Waals surface area contributed by atoms with Gasteiger partial charge in [-0.1, -0.05) is 6.07 Å². The van der Waals surface area contributed by atoms with E-state index in [1.165, 1.54) is 0 Å². The first-order valence-electron chi connectivity index (χ1n) is 9.61. The van der Waals surface area contributed by atoms with Gasteiger partial charge >= 0.3 is 12.1 Å². The van der Waals surface area contributed by atoms with Crippen molar-refractivity contribution in [3.05, 3.63) is 58.4 Å². The van der Waals surface area contributed by atoms with E-state index in [1.807, 2.05) is 25.8 Å². The summed E-state index contributed by atoms with van der Waals surface area (Å²) >= 11 is 0. The Morgan fingerprint density at radius 1 is 1.23 bits per heavy atom. The minimum Gasteiger partial charge on any atom is -0.425 e. The zero-order valence-corrected chi connectivity index (χ0v) is 17.8. The Balaban J connectivity index is 2.13. The second-order valence-corrected chi connectivity index (χ2v) is 7.27. The average Bonchev–Trinajstić information content (AvgIpc) is 2.69. The topological polar surface area (TPSA) is 67.9 Å². The van der Waals surface area contributed by atoms with E-state index in [4.69, 9.17) is 10.5 Å². The number of rotatable bonds is 7. The summed E-state index contributed by atoms with van der Waals surface area (Å²) in [5.74, 6) is -1.90. The highest BCUT2D eigenvalue weighted by atomic mass is 19.4. The highest BCUT2D eigenvalue weighted by molar-refractivity contribution is 5.79. The number of hydrogen-bond donors (Lipinski definition) is 1. The Kier molecular flexibility index (Phi) is 7.78. The van der Waals surface area contributed by atoms with Crippen molar-refractivity contribution in [3.63, 3.8) is 0 Å². The lowest BCUT2D eigenvalue weighted by atomic mass is 10.0. The molecule has 2 aromatic rings. The van der Waals surface area contributed by atoms with E-state index in [0.29, 0.717) is 23.4 Å². The molecule has 9 heteroatoms. The first-order valence-corrected chi connectivity index (χ1v) is 9.61. The molecule has 0 unspecified atom stereocenters. The van der Waals surface area contributed by atoms with Crippen LogP contribution in [0.4, 0.5) is 23.2 Å². The molecule has 0 aliphatic heterocycles. The van der Waals surface area contributed by atoms with Crippen LogP contribution in [-0.4, -0.2) is 36.8 Å². The van der Waals surface area contributed by atoms with Gasteiger partial charge in [0.05, 0.1) is 17.6 Å². The van der Waals surface area contributed by atoms with E-state index in [2.05, 4.69) is 4.99 Å². The Morgan fingerprint density at radius 2 is 1.90 bits per heavy atom. The molecule has 0 bridgehead atoms. The Morgan fingerprint density at radius 3 is 2.52 bits per heavy atom. The van der Waals surface area contributed by atoms with Crippen LogP contribution in [0.25, 0.3) is 0 Å². The van der Waals surface area contributed by atoms with Crippen LogP contribution < -0.4 is 10.5 Å². The molecule has 0 heterocycles. The normalized spacial score (nSPS) is 12.8. The van der Waals surface area contributed by atoms with Crippen LogP contribution in [0, 0.1) is 19.7 Å². The van der Waals surface area contributed by atoms with Crippen LogP contribution in [-0.2, 0) is 17.4 Å². The number of aryl methyl sites for hydroxylation is 2. The van der Waals surface area contributed by atoms with E-state index in [-0.39, 0.29) is 17.7 Å². The van der Waals surface area contributed by atoms with Gasteiger partial charge in [0.15, 0.2) is 0 Å². The highest BCUT2D eigenvalue weighted by Crippen LogP contribution is 2.32. The summed E-state index contributed by atoms with van der Waals surface area (Å²) in [6, 6.07) is 4.71. The summed E-state index contributed by atoms with van der Waals surface area (Å²) in [5.41, 5.74) is 6.65. The van der Waals surface area contributed by atoms with Crippen molar-refractivity contribution in [3.8, 4) is 5.75 Å². The second-order valence-electron chi connectivity index (χ2n) is 7.27. The minimum absolute atomic E-state index is 0.0795. The highest BCUT2D eigenvalue weighted by Gasteiger charge is 2.34. The number of hydrogen-bond acceptors (Lipinski definition) is 4. The van der Waals surface area contributed by atoms with Gasteiger partial charge in [-0.05, 0) is 68.1 Å². The average molecular weight is 439 g/mol. The molecule has 2 rings (SSSR count). The standard InChI is InChI=1S/C22H25F4N3O2/c1-5-29(4)12-28-19-8-14(3)20(9-13(19)2)31-21(30)18(27)11-15-6-7-17(23)16(10-15)22(24,25)26/h6-10,12,18H,5,11,27H2,1-4H3/t18-/m0/s1. The van der Waals surface area contributed by atoms with Crippen molar-refractivity contribution in [1.82, 2.24) is 4.90 Å². The summed E-state index contributed by atoms with van der Waals surface area (Å²) in [5, 5.41) is 0. The third-order valence-electron chi connectivity index (χ3n) is 4.69. The van der Waals surface area contributed by atoms with Gasteiger partial charge in [0.25, 0.3) is 0 Å². The predicted octanol–water partition coefficient (Wildman–Crippen LogP) is 4.55. The van der Waals surface area contributed by atoms with Gasteiger partial charge in [0, 0.05) is 13.6 Å². The molecule has 2 aromatic carbocycles. The molecular formula is C22H25F4N3O2. The molecule has 0 saturated heterocycles. The fraction of sp³-hybridized carbons (Fsp3) is 0.364. The van der Waals surface area contributed by atoms with Gasteiger partial charge in [-0.15, -0.1) is 0 Å². The molecule has 0 aliphatic carbocycles. The van der Waals surface area contributed by atoms with Crippen molar-refractivity contribution < 1.29 is 27.1 Å². The van der Waals surface area contributed by atoms with Crippen LogP contribution in [0.5, 0.6) is 5.75 Å². The van der Waals surface area contributed by atoms with E-state index in [1.54, 1.807) is 25.4 Å². The summed E-state index contributed by atoms with van der Waals surface area (Å²) in [7, 11) is 1.89. The van der Waals surface area contributed by atoms with Gasteiger partial charge in [-0.25, -0.2) is 14.2 Å². The number of benzene rings is 2. The Hall–Kier alpha value is -2.94. The van der Waals surface area contributed by atoms with Crippen LogP contribution in [0.1, 0.15) is 29.2 Å². The number of esters is 1. The van der Waals surface area contributed by atoms with Gasteiger partial charge in [-0.2, -0.15) is 13.2 Å². The first kappa shape index (κ1) is 24.3. The fourth-order valence-electron chi connectivity index (χ4n) is 2.70. The van der Waals surface area contributed by atoms with Crippen molar-refractivity contribution in [1.29, 1.82) is 0 Å². The van der Waals surface area contributed by atoms with Gasteiger partial charge < -0.3 is 15.4 Å². The number of ether oxygens (including phenoxy) is 1. The summed E-state index contributed by atoms with van der Waals surface area (Å²) < 4.78 is 57.4. The third-order valence-corrected chi connectivity index (χ3v) is 4.69. The number of halogens is 4. The number of carbonyl (C=O) groups is 1. The maximum atomic E-state index is 13.4. The Bertz CT molecular complexity index is 974. The number of alkyl halides is 3. The van der Waals surface area contributed by atoms with Crippen molar-refractivity contribution in [2.75, 3.05) is 13.6 Å². The Labute approximate surface area is 178 Å². The van der Waals surface area contributed by atoms with Crippen LogP contribution in [0.2, 0.25) is 0 Å². The van der Waals surface area contributed by atoms with Gasteiger partial charge in [0.2, 0.25) is 0 Å². The fourth-order valence-corrected chi connectivity index (χ4v) is 2.70. The SMILES string of the molecule is CCN(C)C=Nc1cc(C)c(OC(=O)[C@@H](N)Cc2ccc(F)c(C(F)(F)F)c2)cc1C. The molecule has 0 saturated carbocycles. The van der Waals surface area contributed by atoms with Crippen LogP contribution in [0.3, 0.4) is 0 Å². The van der Waals surface area contributed by atoms with Crippen molar-refractivity contribution in [2.24, 2.45) is 10.7 Å². The van der Waals surface area contributed by atoms with Crippen LogP contribution >= 0.6 is 0 Å². The number of nitrogens with zero attached hydrogens (tertiary/aromatic N) is 2. The maximum Gasteiger partial charge on any atom is 0.419 e.